The molecule has 0 unspecified atom stereocenters. The lowest BCUT2D eigenvalue weighted by Gasteiger charge is -2.14. The molecule has 0 bridgehead atoms. The fourth-order valence-electron chi connectivity index (χ4n) is 3.21. The molecule has 0 spiro atoms. The van der Waals surface area contributed by atoms with E-state index in [1.807, 2.05) is 73.7 Å². The van der Waals surface area contributed by atoms with Crippen molar-refractivity contribution in [3.8, 4) is 5.75 Å². The van der Waals surface area contributed by atoms with Crippen LogP contribution in [-0.4, -0.2) is 17.6 Å². The van der Waals surface area contributed by atoms with Gasteiger partial charge in [0.05, 0.1) is 12.3 Å². The molecule has 140 valence electrons. The first kappa shape index (κ1) is 18.7. The van der Waals surface area contributed by atoms with E-state index in [4.69, 9.17) is 17.0 Å². The van der Waals surface area contributed by atoms with Crippen LogP contribution in [0.5, 0.6) is 5.75 Å². The van der Waals surface area contributed by atoms with Crippen LogP contribution in [0.25, 0.3) is 16.8 Å². The third-order valence-corrected chi connectivity index (χ3v) is 5.30. The van der Waals surface area contributed by atoms with Crippen molar-refractivity contribution in [2.24, 2.45) is 0 Å². The second-order valence-corrected chi connectivity index (χ2v) is 7.54. The van der Waals surface area contributed by atoms with Gasteiger partial charge in [0.2, 0.25) is 0 Å². The van der Waals surface area contributed by atoms with E-state index >= 15 is 0 Å². The molecule has 1 aliphatic heterocycles. The molecule has 0 aliphatic carbocycles. The highest BCUT2D eigenvalue weighted by atomic mass is 79.9. The molecule has 3 aromatic carbocycles. The standard InChI is InChI=1S/C22H17BrN2O2S/c1-2-27-20-12-7-14-5-3-4-6-17(14)18(20)13-19-21(26)25(22(28)24-19)16-10-8-15(23)9-11-16/h3-13H,2H2,1H3,(H,24,28)/b19-13-. The lowest BCUT2D eigenvalue weighted by Crippen LogP contribution is -2.30. The van der Waals surface area contributed by atoms with Crippen molar-refractivity contribution in [1.82, 2.24) is 5.32 Å². The van der Waals surface area contributed by atoms with Gasteiger partial charge in [-0.3, -0.25) is 9.69 Å². The maximum Gasteiger partial charge on any atom is 0.281 e. The minimum Gasteiger partial charge on any atom is -0.493 e. The van der Waals surface area contributed by atoms with Gasteiger partial charge in [0.1, 0.15) is 11.4 Å². The number of nitrogens with one attached hydrogen (secondary N) is 1. The number of anilines is 1. The van der Waals surface area contributed by atoms with Crippen LogP contribution in [0, 0.1) is 0 Å². The highest BCUT2D eigenvalue weighted by Crippen LogP contribution is 2.32. The summed E-state index contributed by atoms with van der Waals surface area (Å²) in [4.78, 5) is 14.6. The van der Waals surface area contributed by atoms with Gasteiger partial charge in [0, 0.05) is 10.0 Å². The number of hydrogen-bond donors (Lipinski definition) is 1. The minimum atomic E-state index is -0.192. The van der Waals surface area contributed by atoms with E-state index in [0.29, 0.717) is 17.4 Å². The van der Waals surface area contributed by atoms with E-state index in [2.05, 4.69) is 21.2 Å². The summed E-state index contributed by atoms with van der Waals surface area (Å²) in [6.07, 6.45) is 1.82. The van der Waals surface area contributed by atoms with Gasteiger partial charge < -0.3 is 10.1 Å². The van der Waals surface area contributed by atoms with Crippen LogP contribution < -0.4 is 15.0 Å². The van der Waals surface area contributed by atoms with Crippen LogP contribution in [0.15, 0.2) is 70.8 Å². The summed E-state index contributed by atoms with van der Waals surface area (Å²) in [5, 5.41) is 5.51. The van der Waals surface area contributed by atoms with E-state index in [1.165, 1.54) is 4.90 Å². The SMILES string of the molecule is CCOc1ccc2ccccc2c1/C=C1\NC(=S)N(c2ccc(Br)cc2)C1=O. The average Bonchev–Trinajstić information content (AvgIpc) is 2.98. The third-order valence-electron chi connectivity index (χ3n) is 4.48. The zero-order valence-electron chi connectivity index (χ0n) is 15.1. The largest absolute Gasteiger partial charge is 0.493 e. The molecule has 28 heavy (non-hydrogen) atoms. The van der Waals surface area contributed by atoms with E-state index < -0.39 is 0 Å². The van der Waals surface area contributed by atoms with Crippen LogP contribution in [0.1, 0.15) is 12.5 Å². The van der Waals surface area contributed by atoms with Crippen molar-refractivity contribution >= 4 is 61.7 Å². The number of rotatable bonds is 4. The zero-order chi connectivity index (χ0) is 19.7. The Hall–Kier alpha value is -2.70. The summed E-state index contributed by atoms with van der Waals surface area (Å²) in [5.74, 6) is 0.541. The molecule has 1 aliphatic rings. The van der Waals surface area contributed by atoms with Gasteiger partial charge in [0.15, 0.2) is 5.11 Å². The highest BCUT2D eigenvalue weighted by molar-refractivity contribution is 9.10. The second-order valence-electron chi connectivity index (χ2n) is 6.24. The van der Waals surface area contributed by atoms with Crippen LogP contribution >= 0.6 is 28.1 Å². The molecule has 1 heterocycles. The number of halogens is 1. The first-order valence-electron chi connectivity index (χ1n) is 8.85. The van der Waals surface area contributed by atoms with Crippen molar-refractivity contribution < 1.29 is 9.53 Å². The quantitative estimate of drug-likeness (QED) is 0.432. The molecule has 1 amide bonds. The van der Waals surface area contributed by atoms with Gasteiger partial charge in [-0.25, -0.2) is 0 Å². The van der Waals surface area contributed by atoms with E-state index in [0.717, 1.165) is 32.2 Å². The molecule has 0 aromatic heterocycles. The Kier molecular flexibility index (Phi) is 5.15. The first-order valence-corrected chi connectivity index (χ1v) is 10.1. The maximum atomic E-state index is 13.1. The fourth-order valence-corrected chi connectivity index (χ4v) is 3.77. The van der Waals surface area contributed by atoms with Crippen molar-refractivity contribution in [3.63, 3.8) is 0 Å². The lowest BCUT2D eigenvalue weighted by atomic mass is 10.0. The van der Waals surface area contributed by atoms with Crippen molar-refractivity contribution in [2.45, 2.75) is 6.92 Å². The van der Waals surface area contributed by atoms with E-state index in [-0.39, 0.29) is 5.91 Å². The van der Waals surface area contributed by atoms with Gasteiger partial charge >= 0.3 is 0 Å². The van der Waals surface area contributed by atoms with Gasteiger partial charge in [-0.2, -0.15) is 0 Å². The summed E-state index contributed by atoms with van der Waals surface area (Å²) in [6, 6.07) is 19.4. The number of carbonyl (C=O) groups excluding carboxylic acids is 1. The first-order chi connectivity index (χ1) is 13.6. The Labute approximate surface area is 176 Å². The van der Waals surface area contributed by atoms with E-state index in [9.17, 15) is 4.79 Å². The van der Waals surface area contributed by atoms with Gasteiger partial charge in [-0.1, -0.05) is 46.3 Å². The highest BCUT2D eigenvalue weighted by Gasteiger charge is 2.32. The van der Waals surface area contributed by atoms with Crippen LogP contribution in [0.2, 0.25) is 0 Å². The van der Waals surface area contributed by atoms with Gasteiger partial charge in [-0.15, -0.1) is 0 Å². The molecule has 0 radical (unpaired) electrons. The number of amides is 1. The molecular weight excluding hydrogens is 436 g/mol. The van der Waals surface area contributed by atoms with Crippen molar-refractivity contribution in [1.29, 1.82) is 0 Å². The predicted octanol–water partition coefficient (Wildman–Crippen LogP) is 5.26. The number of fused-ring (bicyclic) bond motifs is 1. The van der Waals surface area contributed by atoms with Crippen molar-refractivity contribution in [3.05, 3.63) is 76.4 Å². The number of nitrogens with zero attached hydrogens (tertiary/aromatic N) is 1. The smallest absolute Gasteiger partial charge is 0.281 e. The Balaban J connectivity index is 1.79. The Morgan fingerprint density at radius 3 is 2.61 bits per heavy atom. The summed E-state index contributed by atoms with van der Waals surface area (Å²) in [5.41, 5.74) is 2.00. The number of thiocarbonyl (C=S) groups is 1. The van der Waals surface area contributed by atoms with Crippen molar-refractivity contribution in [2.75, 3.05) is 11.5 Å². The van der Waals surface area contributed by atoms with Crippen LogP contribution in [0.3, 0.4) is 0 Å². The predicted molar refractivity (Wildman–Crippen MR) is 120 cm³/mol. The molecule has 0 saturated carbocycles. The number of carbonyl (C=O) groups is 1. The molecule has 6 heteroatoms. The van der Waals surface area contributed by atoms with Crippen LogP contribution in [-0.2, 0) is 4.79 Å². The Morgan fingerprint density at radius 2 is 1.86 bits per heavy atom. The molecule has 4 rings (SSSR count). The Bertz CT molecular complexity index is 1110. The van der Waals surface area contributed by atoms with Gasteiger partial charge in [-0.05, 0) is 66.3 Å². The monoisotopic (exact) mass is 452 g/mol. The zero-order valence-corrected chi connectivity index (χ0v) is 17.5. The normalized spacial score (nSPS) is 15.4. The molecule has 1 saturated heterocycles. The fraction of sp³-hybridized carbons (Fsp3) is 0.0909. The lowest BCUT2D eigenvalue weighted by molar-refractivity contribution is -0.113. The average molecular weight is 453 g/mol. The number of ether oxygens (including phenoxy) is 1. The summed E-state index contributed by atoms with van der Waals surface area (Å²) >= 11 is 8.82. The summed E-state index contributed by atoms with van der Waals surface area (Å²) in [6.45, 7) is 2.48. The topological polar surface area (TPSA) is 41.6 Å². The minimum absolute atomic E-state index is 0.192. The molecule has 1 N–H and O–H groups in total. The summed E-state index contributed by atoms with van der Waals surface area (Å²) < 4.78 is 6.75. The molecular formula is C22H17BrN2O2S. The maximum absolute atomic E-state index is 13.1. The van der Waals surface area contributed by atoms with Crippen LogP contribution in [0.4, 0.5) is 5.69 Å². The molecule has 4 nitrogen and oxygen atoms in total. The molecule has 3 aromatic rings. The number of hydrogen-bond acceptors (Lipinski definition) is 3. The molecule has 1 fully saturated rings. The third kappa shape index (κ3) is 3.41. The summed E-state index contributed by atoms with van der Waals surface area (Å²) in [7, 11) is 0. The Morgan fingerprint density at radius 1 is 1.11 bits per heavy atom. The molecule has 0 atom stereocenters. The van der Waals surface area contributed by atoms with Gasteiger partial charge in [0.25, 0.3) is 5.91 Å². The van der Waals surface area contributed by atoms with E-state index in [1.54, 1.807) is 0 Å². The second kappa shape index (κ2) is 7.73. The number of benzene rings is 3.